The molecule has 0 aliphatic carbocycles. The van der Waals surface area contributed by atoms with Crippen molar-refractivity contribution in [3.8, 4) is 17.1 Å². The second-order valence-corrected chi connectivity index (χ2v) is 6.24. The van der Waals surface area contributed by atoms with E-state index in [4.69, 9.17) is 32.4 Å². The van der Waals surface area contributed by atoms with Gasteiger partial charge in [-0.1, -0.05) is 35.3 Å². The molecule has 0 saturated heterocycles. The average molecular weight is 405 g/mol. The van der Waals surface area contributed by atoms with Crippen molar-refractivity contribution < 1.29 is 18.7 Å². The Labute approximate surface area is 165 Å². The first-order chi connectivity index (χ1) is 13.0. The summed E-state index contributed by atoms with van der Waals surface area (Å²) in [5.41, 5.74) is 5.42. The Kier molecular flexibility index (Phi) is 5.69. The monoisotopic (exact) mass is 404 g/mol. The highest BCUT2D eigenvalue weighted by atomic mass is 35.5. The van der Waals surface area contributed by atoms with Crippen LogP contribution in [0.4, 0.5) is 0 Å². The summed E-state index contributed by atoms with van der Waals surface area (Å²) in [6.45, 7) is 0. The van der Waals surface area contributed by atoms with E-state index in [1.807, 2.05) is 6.07 Å². The third kappa shape index (κ3) is 4.24. The number of furan rings is 1. The number of halogens is 2. The maximum Gasteiger partial charge on any atom is 0.305 e. The molecule has 6 nitrogen and oxygen atoms in total. The largest absolute Gasteiger partial charge is 0.496 e. The topological polar surface area (TPSA) is 80.6 Å². The minimum absolute atomic E-state index is 0.0169. The normalized spacial score (nSPS) is 10.3. The van der Waals surface area contributed by atoms with Crippen molar-refractivity contribution in [3.63, 3.8) is 0 Å². The van der Waals surface area contributed by atoms with Gasteiger partial charge in [0, 0.05) is 10.6 Å². The van der Waals surface area contributed by atoms with Gasteiger partial charge in [-0.2, -0.15) is 0 Å². The third-order valence-electron chi connectivity index (χ3n) is 3.66. The predicted octanol–water partition coefficient (Wildman–Crippen LogP) is 4.34. The van der Waals surface area contributed by atoms with E-state index in [0.29, 0.717) is 27.1 Å². The van der Waals surface area contributed by atoms with Gasteiger partial charge < -0.3 is 9.15 Å². The van der Waals surface area contributed by atoms with E-state index in [9.17, 15) is 9.59 Å². The minimum Gasteiger partial charge on any atom is -0.496 e. The summed E-state index contributed by atoms with van der Waals surface area (Å²) in [5, 5.41) is 0.864. The highest BCUT2D eigenvalue weighted by Gasteiger charge is 2.17. The summed E-state index contributed by atoms with van der Waals surface area (Å²) >= 11 is 12.0. The summed E-state index contributed by atoms with van der Waals surface area (Å²) < 4.78 is 10.6. The lowest BCUT2D eigenvalue weighted by atomic mass is 10.2. The summed E-state index contributed by atoms with van der Waals surface area (Å²) in [6, 6.07) is 14.8. The van der Waals surface area contributed by atoms with Gasteiger partial charge in [-0.15, -0.1) is 0 Å². The van der Waals surface area contributed by atoms with Crippen molar-refractivity contribution in [3.05, 3.63) is 76.0 Å². The van der Waals surface area contributed by atoms with Crippen molar-refractivity contribution in [2.24, 2.45) is 0 Å². The smallest absolute Gasteiger partial charge is 0.305 e. The number of amides is 2. The Morgan fingerprint density at radius 1 is 0.963 bits per heavy atom. The van der Waals surface area contributed by atoms with Crippen LogP contribution in [0.2, 0.25) is 10.0 Å². The zero-order valence-corrected chi connectivity index (χ0v) is 15.6. The Hall–Kier alpha value is -2.96. The molecule has 0 aliphatic rings. The molecule has 2 N–H and O–H groups in total. The molecule has 2 amide bonds. The summed E-state index contributed by atoms with van der Waals surface area (Å²) in [6.07, 6.45) is 0. The molecule has 27 heavy (non-hydrogen) atoms. The number of carbonyl (C=O) groups is 2. The van der Waals surface area contributed by atoms with Gasteiger partial charge in [0.15, 0.2) is 5.76 Å². The van der Waals surface area contributed by atoms with Crippen LogP contribution >= 0.6 is 23.2 Å². The quantitative estimate of drug-likeness (QED) is 0.633. The first kappa shape index (κ1) is 18.8. The van der Waals surface area contributed by atoms with Gasteiger partial charge in [0.05, 0.1) is 17.7 Å². The lowest BCUT2D eigenvalue weighted by Gasteiger charge is -2.10. The molecule has 0 radical (unpaired) electrons. The first-order valence-corrected chi connectivity index (χ1v) is 8.54. The standard InChI is InChI=1S/C19H14Cl2N2O4/c1-26-15-7-6-11(20)10-13(15)18(24)22-23-19(25)17-9-8-16(27-17)12-4-2-3-5-14(12)21/h2-10H,1H3,(H,22,24)(H,23,25). The van der Waals surface area contributed by atoms with E-state index >= 15 is 0 Å². The molecule has 0 fully saturated rings. The molecule has 2 aromatic carbocycles. The molecule has 0 saturated carbocycles. The summed E-state index contributed by atoms with van der Waals surface area (Å²) in [5.74, 6) is -0.426. The van der Waals surface area contributed by atoms with E-state index in [2.05, 4.69) is 10.9 Å². The van der Waals surface area contributed by atoms with E-state index in [1.165, 1.54) is 19.2 Å². The van der Waals surface area contributed by atoms with Crippen molar-refractivity contribution in [1.29, 1.82) is 0 Å². The number of ether oxygens (including phenoxy) is 1. The predicted molar refractivity (Wildman–Crippen MR) is 102 cm³/mol. The van der Waals surface area contributed by atoms with Crippen molar-refractivity contribution in [2.75, 3.05) is 7.11 Å². The van der Waals surface area contributed by atoms with Crippen LogP contribution in [0.1, 0.15) is 20.9 Å². The van der Waals surface area contributed by atoms with Gasteiger partial charge in [-0.05, 0) is 42.5 Å². The van der Waals surface area contributed by atoms with Crippen LogP contribution in [0.25, 0.3) is 11.3 Å². The number of rotatable bonds is 4. The highest BCUT2D eigenvalue weighted by Crippen LogP contribution is 2.29. The van der Waals surface area contributed by atoms with Gasteiger partial charge in [-0.25, -0.2) is 0 Å². The molecule has 0 aliphatic heterocycles. The highest BCUT2D eigenvalue weighted by molar-refractivity contribution is 6.33. The van der Waals surface area contributed by atoms with E-state index < -0.39 is 11.8 Å². The number of benzene rings is 2. The molecule has 1 heterocycles. The van der Waals surface area contributed by atoms with Crippen molar-refractivity contribution >= 4 is 35.0 Å². The molecular formula is C19H14Cl2N2O4. The zero-order chi connectivity index (χ0) is 19.4. The second-order valence-electron chi connectivity index (χ2n) is 5.40. The van der Waals surface area contributed by atoms with Gasteiger partial charge in [0.25, 0.3) is 5.91 Å². The number of hydrazine groups is 1. The molecule has 1 aromatic heterocycles. The van der Waals surface area contributed by atoms with E-state index in [-0.39, 0.29) is 11.3 Å². The van der Waals surface area contributed by atoms with Crippen LogP contribution in [-0.4, -0.2) is 18.9 Å². The fourth-order valence-electron chi connectivity index (χ4n) is 2.37. The Morgan fingerprint density at radius 2 is 1.70 bits per heavy atom. The van der Waals surface area contributed by atoms with Gasteiger partial charge in [0.2, 0.25) is 0 Å². The van der Waals surface area contributed by atoms with Crippen LogP contribution in [0.5, 0.6) is 5.75 Å². The maximum atomic E-state index is 12.3. The Morgan fingerprint density at radius 3 is 2.44 bits per heavy atom. The number of methoxy groups -OCH3 is 1. The Bertz CT molecular complexity index is 1000. The number of carbonyl (C=O) groups excluding carboxylic acids is 2. The number of hydrogen-bond acceptors (Lipinski definition) is 4. The van der Waals surface area contributed by atoms with Crippen molar-refractivity contribution in [2.45, 2.75) is 0 Å². The first-order valence-electron chi connectivity index (χ1n) is 7.78. The van der Waals surface area contributed by atoms with Crippen LogP contribution in [-0.2, 0) is 0 Å². The van der Waals surface area contributed by atoms with Gasteiger partial charge in [0.1, 0.15) is 11.5 Å². The second kappa shape index (κ2) is 8.16. The van der Waals surface area contributed by atoms with Crippen LogP contribution < -0.4 is 15.6 Å². The molecule has 0 bridgehead atoms. The van der Waals surface area contributed by atoms with Crippen LogP contribution in [0.3, 0.4) is 0 Å². The van der Waals surface area contributed by atoms with Crippen LogP contribution in [0, 0.1) is 0 Å². The summed E-state index contributed by atoms with van der Waals surface area (Å²) in [7, 11) is 1.43. The minimum atomic E-state index is -0.623. The lowest BCUT2D eigenvalue weighted by molar-refractivity contribution is 0.0830. The van der Waals surface area contributed by atoms with Crippen LogP contribution in [0.15, 0.2) is 59.0 Å². The fourth-order valence-corrected chi connectivity index (χ4v) is 2.77. The summed E-state index contributed by atoms with van der Waals surface area (Å²) in [4.78, 5) is 24.5. The van der Waals surface area contributed by atoms with Gasteiger partial charge >= 0.3 is 5.91 Å². The average Bonchev–Trinajstić information content (AvgIpc) is 3.16. The third-order valence-corrected chi connectivity index (χ3v) is 4.23. The van der Waals surface area contributed by atoms with E-state index in [0.717, 1.165) is 0 Å². The molecule has 3 rings (SSSR count). The molecule has 138 valence electrons. The SMILES string of the molecule is COc1ccc(Cl)cc1C(=O)NNC(=O)c1ccc(-c2ccccc2Cl)o1. The maximum absolute atomic E-state index is 12.3. The zero-order valence-electron chi connectivity index (χ0n) is 14.1. The van der Waals surface area contributed by atoms with Gasteiger partial charge in [-0.3, -0.25) is 20.4 Å². The molecular weight excluding hydrogens is 391 g/mol. The number of hydrogen-bond donors (Lipinski definition) is 2. The van der Waals surface area contributed by atoms with Crippen molar-refractivity contribution in [1.82, 2.24) is 10.9 Å². The Balaban J connectivity index is 1.69. The lowest BCUT2D eigenvalue weighted by Crippen LogP contribution is -2.41. The fraction of sp³-hybridized carbons (Fsp3) is 0.0526. The molecule has 0 atom stereocenters. The number of nitrogens with one attached hydrogen (secondary N) is 2. The molecule has 8 heteroatoms. The molecule has 0 spiro atoms. The molecule has 0 unspecified atom stereocenters. The molecule has 3 aromatic rings. The van der Waals surface area contributed by atoms with E-state index in [1.54, 1.807) is 36.4 Å².